The monoisotopic (exact) mass is 268 g/mol. The van der Waals surface area contributed by atoms with Gasteiger partial charge in [0.15, 0.2) is 0 Å². The molecule has 96 valence electrons. The van der Waals surface area contributed by atoms with Crippen LogP contribution in [0, 0.1) is 0 Å². The van der Waals surface area contributed by atoms with Gasteiger partial charge in [-0.05, 0) is 0 Å². The van der Waals surface area contributed by atoms with Crippen LogP contribution >= 0.6 is 12.4 Å². The first-order chi connectivity index (χ1) is 7.57. The second-order valence-electron chi connectivity index (χ2n) is 3.51. The Morgan fingerprint density at radius 1 is 1.12 bits per heavy atom. The molecule has 0 aliphatic carbocycles. The zero-order chi connectivity index (χ0) is 11.6. The topological polar surface area (TPSA) is 41.1 Å². The van der Waals surface area contributed by atoms with Crippen molar-refractivity contribution in [2.75, 3.05) is 31.1 Å². The maximum absolute atomic E-state index is 12.3. The predicted molar refractivity (Wildman–Crippen MR) is 59.4 cm³/mol. The fraction of sp³-hybridized carbons (Fsp3) is 0.556. The van der Waals surface area contributed by atoms with Crippen LogP contribution in [0.2, 0.25) is 0 Å². The van der Waals surface area contributed by atoms with Gasteiger partial charge in [0.05, 0.1) is 5.56 Å². The lowest BCUT2D eigenvalue weighted by atomic mass is 10.3. The van der Waals surface area contributed by atoms with Gasteiger partial charge in [-0.1, -0.05) is 0 Å². The molecule has 1 aromatic heterocycles. The van der Waals surface area contributed by atoms with Gasteiger partial charge in [0.1, 0.15) is 0 Å². The van der Waals surface area contributed by atoms with E-state index in [1.807, 2.05) is 4.90 Å². The highest BCUT2D eigenvalue weighted by Crippen LogP contribution is 2.28. The molecule has 4 nitrogen and oxygen atoms in total. The summed E-state index contributed by atoms with van der Waals surface area (Å²) >= 11 is 0. The van der Waals surface area contributed by atoms with Crippen LogP contribution in [0.25, 0.3) is 0 Å². The molecule has 0 aromatic carbocycles. The van der Waals surface area contributed by atoms with Crippen molar-refractivity contribution in [1.82, 2.24) is 15.3 Å². The fourth-order valence-electron chi connectivity index (χ4n) is 1.50. The summed E-state index contributed by atoms with van der Waals surface area (Å²) in [6.07, 6.45) is -2.73. The Morgan fingerprint density at radius 2 is 1.65 bits per heavy atom. The van der Waals surface area contributed by atoms with Gasteiger partial charge < -0.3 is 10.2 Å². The SMILES string of the molecule is Cl.FC(F)(F)c1cnc(N2CCNCC2)nc1. The van der Waals surface area contributed by atoms with Crippen molar-refractivity contribution in [3.05, 3.63) is 18.0 Å². The Bertz CT molecular complexity index is 348. The Hall–Kier alpha value is -1.08. The van der Waals surface area contributed by atoms with E-state index in [9.17, 15) is 13.2 Å². The summed E-state index contributed by atoms with van der Waals surface area (Å²) in [6.45, 7) is 3.02. The summed E-state index contributed by atoms with van der Waals surface area (Å²) < 4.78 is 36.8. The molecule has 0 bridgehead atoms. The van der Waals surface area contributed by atoms with Crippen molar-refractivity contribution in [3.8, 4) is 0 Å². The van der Waals surface area contributed by atoms with Crippen molar-refractivity contribution < 1.29 is 13.2 Å². The fourth-order valence-corrected chi connectivity index (χ4v) is 1.50. The Kier molecular flexibility index (Phi) is 4.53. The van der Waals surface area contributed by atoms with Crippen LogP contribution < -0.4 is 10.2 Å². The lowest BCUT2D eigenvalue weighted by molar-refractivity contribution is -0.138. The van der Waals surface area contributed by atoms with Crippen LogP contribution in [0.1, 0.15) is 5.56 Å². The van der Waals surface area contributed by atoms with E-state index >= 15 is 0 Å². The van der Waals surface area contributed by atoms with Crippen LogP contribution in [0.5, 0.6) is 0 Å². The normalized spacial score (nSPS) is 16.5. The van der Waals surface area contributed by atoms with Crippen molar-refractivity contribution in [3.63, 3.8) is 0 Å². The van der Waals surface area contributed by atoms with E-state index in [4.69, 9.17) is 0 Å². The molecule has 0 atom stereocenters. The standard InChI is InChI=1S/C9H11F3N4.ClH/c10-9(11,12)7-5-14-8(15-6-7)16-3-1-13-2-4-16;/h5-6,13H,1-4H2;1H. The van der Waals surface area contributed by atoms with E-state index in [0.29, 0.717) is 19.0 Å². The number of piperazine rings is 1. The average Bonchev–Trinajstić information content (AvgIpc) is 2.29. The lowest BCUT2D eigenvalue weighted by Crippen LogP contribution is -2.44. The van der Waals surface area contributed by atoms with Crippen molar-refractivity contribution in [2.24, 2.45) is 0 Å². The Morgan fingerprint density at radius 3 is 2.12 bits per heavy atom. The molecule has 1 saturated heterocycles. The van der Waals surface area contributed by atoms with Gasteiger partial charge in [-0.15, -0.1) is 12.4 Å². The maximum Gasteiger partial charge on any atom is 0.419 e. The minimum Gasteiger partial charge on any atom is -0.338 e. The van der Waals surface area contributed by atoms with E-state index in [1.165, 1.54) is 0 Å². The van der Waals surface area contributed by atoms with Crippen molar-refractivity contribution >= 4 is 18.4 Å². The van der Waals surface area contributed by atoms with Crippen LogP contribution in [-0.4, -0.2) is 36.1 Å². The first kappa shape index (κ1) is 14.0. The number of hydrogen-bond donors (Lipinski definition) is 1. The van der Waals surface area contributed by atoms with Gasteiger partial charge in [-0.2, -0.15) is 13.2 Å². The number of alkyl halides is 3. The lowest BCUT2D eigenvalue weighted by Gasteiger charge is -2.27. The molecule has 0 radical (unpaired) electrons. The van der Waals surface area contributed by atoms with Gasteiger partial charge in [0.25, 0.3) is 0 Å². The quantitative estimate of drug-likeness (QED) is 0.834. The molecule has 0 saturated carbocycles. The minimum atomic E-state index is -4.37. The van der Waals surface area contributed by atoms with Gasteiger partial charge >= 0.3 is 6.18 Å². The van der Waals surface area contributed by atoms with Gasteiger partial charge in [-0.25, -0.2) is 9.97 Å². The summed E-state index contributed by atoms with van der Waals surface area (Å²) in [5.41, 5.74) is -0.814. The first-order valence-corrected chi connectivity index (χ1v) is 4.92. The van der Waals surface area contributed by atoms with Gasteiger partial charge in [0.2, 0.25) is 5.95 Å². The molecule has 1 N–H and O–H groups in total. The van der Waals surface area contributed by atoms with Crippen LogP contribution in [-0.2, 0) is 6.18 Å². The molecule has 2 rings (SSSR count). The zero-order valence-electron chi connectivity index (χ0n) is 8.87. The van der Waals surface area contributed by atoms with E-state index in [0.717, 1.165) is 25.5 Å². The van der Waals surface area contributed by atoms with E-state index in [1.54, 1.807) is 0 Å². The van der Waals surface area contributed by atoms with E-state index in [2.05, 4.69) is 15.3 Å². The van der Waals surface area contributed by atoms with Crippen LogP contribution in [0.4, 0.5) is 19.1 Å². The molecule has 0 unspecified atom stereocenters. The Labute approximate surface area is 103 Å². The third kappa shape index (κ3) is 3.44. The largest absolute Gasteiger partial charge is 0.419 e. The van der Waals surface area contributed by atoms with Crippen LogP contribution in [0.15, 0.2) is 12.4 Å². The summed E-state index contributed by atoms with van der Waals surface area (Å²) in [7, 11) is 0. The predicted octanol–water partition coefficient (Wildman–Crippen LogP) is 1.33. The Balaban J connectivity index is 0.00000144. The molecule has 0 spiro atoms. The number of nitrogens with one attached hydrogen (secondary N) is 1. The van der Waals surface area contributed by atoms with Gasteiger partial charge in [0, 0.05) is 38.6 Å². The summed E-state index contributed by atoms with van der Waals surface area (Å²) in [5, 5.41) is 3.14. The second-order valence-corrected chi connectivity index (χ2v) is 3.51. The summed E-state index contributed by atoms with van der Waals surface area (Å²) in [6, 6.07) is 0. The molecule has 8 heteroatoms. The number of rotatable bonds is 1. The highest BCUT2D eigenvalue weighted by atomic mass is 35.5. The molecule has 17 heavy (non-hydrogen) atoms. The highest BCUT2D eigenvalue weighted by Gasteiger charge is 2.31. The third-order valence-corrected chi connectivity index (χ3v) is 2.37. The average molecular weight is 269 g/mol. The smallest absolute Gasteiger partial charge is 0.338 e. The van der Waals surface area contributed by atoms with Crippen LogP contribution in [0.3, 0.4) is 0 Å². The highest BCUT2D eigenvalue weighted by molar-refractivity contribution is 5.85. The minimum absolute atomic E-state index is 0. The van der Waals surface area contributed by atoms with Crippen molar-refractivity contribution in [1.29, 1.82) is 0 Å². The molecule has 1 aliphatic heterocycles. The van der Waals surface area contributed by atoms with E-state index < -0.39 is 11.7 Å². The van der Waals surface area contributed by atoms with Crippen molar-refractivity contribution in [2.45, 2.75) is 6.18 Å². The molecule has 2 heterocycles. The summed E-state index contributed by atoms with van der Waals surface area (Å²) in [4.78, 5) is 9.33. The molecule has 1 aromatic rings. The molecule has 0 amide bonds. The van der Waals surface area contributed by atoms with E-state index in [-0.39, 0.29) is 12.4 Å². The molecular formula is C9H12ClF3N4. The number of halogens is 4. The maximum atomic E-state index is 12.3. The molecular weight excluding hydrogens is 257 g/mol. The zero-order valence-corrected chi connectivity index (χ0v) is 9.68. The number of aromatic nitrogens is 2. The number of hydrogen-bond acceptors (Lipinski definition) is 4. The summed E-state index contributed by atoms with van der Waals surface area (Å²) in [5.74, 6) is 0.356. The second kappa shape index (κ2) is 5.50. The molecule has 1 fully saturated rings. The number of nitrogens with zero attached hydrogens (tertiary/aromatic N) is 3. The molecule has 1 aliphatic rings. The number of anilines is 1. The van der Waals surface area contributed by atoms with Gasteiger partial charge in [-0.3, -0.25) is 0 Å². The first-order valence-electron chi connectivity index (χ1n) is 4.92. The third-order valence-electron chi connectivity index (χ3n) is 2.37.